The molecule has 0 spiro atoms. The van der Waals surface area contributed by atoms with Crippen LogP contribution in [0.3, 0.4) is 0 Å². The second kappa shape index (κ2) is 10.7. The number of piperazine rings is 1. The zero-order chi connectivity index (χ0) is 26.7. The lowest BCUT2D eigenvalue weighted by Crippen LogP contribution is -2.52. The van der Waals surface area contributed by atoms with Gasteiger partial charge < -0.3 is 19.9 Å². The number of fused-ring (bicyclic) bond motifs is 1. The minimum atomic E-state index is -4.38. The third-order valence-electron chi connectivity index (χ3n) is 6.55. The molecule has 10 heteroatoms. The number of halogens is 4. The first kappa shape index (κ1) is 25.6. The molecule has 38 heavy (non-hydrogen) atoms. The van der Waals surface area contributed by atoms with Crippen LogP contribution in [0.2, 0.25) is 0 Å². The topological polar surface area (TPSA) is 53.5 Å². The molecule has 3 aromatic carbocycles. The van der Waals surface area contributed by atoms with Gasteiger partial charge in [-0.15, -0.1) is 0 Å². The van der Waals surface area contributed by atoms with E-state index in [0.29, 0.717) is 37.7 Å². The smallest absolute Gasteiger partial charge is 0.422 e. The first-order valence-electron chi connectivity index (χ1n) is 12.3. The summed E-state index contributed by atoms with van der Waals surface area (Å²) >= 11 is 0. The van der Waals surface area contributed by atoms with Crippen LogP contribution in [0, 0.1) is 5.82 Å². The fourth-order valence-corrected chi connectivity index (χ4v) is 4.71. The Bertz CT molecular complexity index is 1390. The predicted octanol–water partition coefficient (Wildman–Crippen LogP) is 6.04. The Kier molecular flexibility index (Phi) is 7.22. The SMILES string of the molecule is C[C@H]1CN(c2ccc(CNc3ncnc4ccccc34)cc2F)CCN1c1ccc(OCC(F)(F)F)cc1. The van der Waals surface area contributed by atoms with E-state index in [4.69, 9.17) is 4.74 Å². The van der Waals surface area contributed by atoms with E-state index in [0.717, 1.165) is 22.2 Å². The summed E-state index contributed by atoms with van der Waals surface area (Å²) in [6.07, 6.45) is -2.87. The van der Waals surface area contributed by atoms with Crippen molar-refractivity contribution in [2.24, 2.45) is 0 Å². The third kappa shape index (κ3) is 5.90. The molecule has 1 saturated heterocycles. The Morgan fingerprint density at radius 3 is 2.53 bits per heavy atom. The summed E-state index contributed by atoms with van der Waals surface area (Å²) < 4.78 is 57.1. The van der Waals surface area contributed by atoms with Crippen LogP contribution in [0.4, 0.5) is 34.8 Å². The van der Waals surface area contributed by atoms with Crippen LogP contribution >= 0.6 is 0 Å². The van der Waals surface area contributed by atoms with Crippen LogP contribution < -0.4 is 19.9 Å². The quantitative estimate of drug-likeness (QED) is 0.297. The van der Waals surface area contributed by atoms with Crippen molar-refractivity contribution in [2.75, 3.05) is 41.4 Å². The minimum Gasteiger partial charge on any atom is -0.484 e. The molecule has 0 saturated carbocycles. The van der Waals surface area contributed by atoms with Gasteiger partial charge in [-0.25, -0.2) is 14.4 Å². The van der Waals surface area contributed by atoms with Crippen molar-refractivity contribution in [2.45, 2.75) is 25.7 Å². The molecule has 0 aliphatic carbocycles. The monoisotopic (exact) mass is 525 g/mol. The summed E-state index contributed by atoms with van der Waals surface area (Å²) in [6.45, 7) is 3.01. The van der Waals surface area contributed by atoms with Crippen molar-refractivity contribution in [1.29, 1.82) is 0 Å². The average Bonchev–Trinajstić information content (AvgIpc) is 2.91. The van der Waals surface area contributed by atoms with E-state index in [9.17, 15) is 13.2 Å². The number of hydrogen-bond donors (Lipinski definition) is 1. The molecule has 1 aliphatic rings. The maximum atomic E-state index is 15.2. The molecule has 1 aromatic heterocycles. The average molecular weight is 526 g/mol. The zero-order valence-electron chi connectivity index (χ0n) is 20.8. The molecule has 5 rings (SSSR count). The molecule has 0 unspecified atom stereocenters. The summed E-state index contributed by atoms with van der Waals surface area (Å²) in [7, 11) is 0. The lowest BCUT2D eigenvalue weighted by molar-refractivity contribution is -0.153. The number of rotatable bonds is 7. The molecule has 0 amide bonds. The molecule has 198 valence electrons. The Morgan fingerprint density at radius 2 is 1.79 bits per heavy atom. The van der Waals surface area contributed by atoms with Gasteiger partial charge in [0, 0.05) is 43.3 Å². The van der Waals surface area contributed by atoms with Gasteiger partial charge in [0.15, 0.2) is 6.61 Å². The van der Waals surface area contributed by atoms with E-state index in [1.54, 1.807) is 24.3 Å². The molecule has 0 bridgehead atoms. The van der Waals surface area contributed by atoms with Crippen molar-refractivity contribution in [3.05, 3.63) is 84.4 Å². The normalized spacial score (nSPS) is 16.1. The third-order valence-corrected chi connectivity index (χ3v) is 6.55. The van der Waals surface area contributed by atoms with E-state index in [1.807, 2.05) is 42.2 Å². The Labute approximate surface area is 217 Å². The van der Waals surface area contributed by atoms with E-state index in [2.05, 4.69) is 20.2 Å². The largest absolute Gasteiger partial charge is 0.484 e. The lowest BCUT2D eigenvalue weighted by Gasteiger charge is -2.42. The molecule has 0 radical (unpaired) electrons. The standard InChI is InChI=1S/C28H27F4N5O/c1-19-16-36(12-13-37(19)21-7-9-22(10-8-21)38-17-28(30,31)32)26-11-6-20(14-24(26)29)15-33-27-23-4-2-3-5-25(23)34-18-35-27/h2-11,14,18-19H,12-13,15-17H2,1H3,(H,33,34,35)/t19-/m0/s1. The Morgan fingerprint density at radius 1 is 1.00 bits per heavy atom. The van der Waals surface area contributed by atoms with Gasteiger partial charge in [-0.2, -0.15) is 13.2 Å². The lowest BCUT2D eigenvalue weighted by atomic mass is 10.1. The van der Waals surface area contributed by atoms with Gasteiger partial charge in [-0.1, -0.05) is 18.2 Å². The van der Waals surface area contributed by atoms with Crippen molar-refractivity contribution in [3.63, 3.8) is 0 Å². The molecule has 1 atom stereocenters. The molecule has 1 fully saturated rings. The molecule has 6 nitrogen and oxygen atoms in total. The molecule has 4 aromatic rings. The van der Waals surface area contributed by atoms with Gasteiger partial charge in [-0.3, -0.25) is 0 Å². The summed E-state index contributed by atoms with van der Waals surface area (Å²) in [4.78, 5) is 12.8. The van der Waals surface area contributed by atoms with E-state index >= 15 is 4.39 Å². The highest BCUT2D eigenvalue weighted by molar-refractivity contribution is 5.88. The van der Waals surface area contributed by atoms with Crippen LogP contribution in [-0.4, -0.2) is 48.4 Å². The number of ether oxygens (including phenoxy) is 1. The summed E-state index contributed by atoms with van der Waals surface area (Å²) in [6, 6.07) is 19.6. The molecular weight excluding hydrogens is 498 g/mol. The van der Waals surface area contributed by atoms with Crippen LogP contribution in [0.5, 0.6) is 5.75 Å². The predicted molar refractivity (Wildman–Crippen MR) is 140 cm³/mol. The zero-order valence-corrected chi connectivity index (χ0v) is 20.8. The van der Waals surface area contributed by atoms with Gasteiger partial charge in [0.05, 0.1) is 11.2 Å². The maximum absolute atomic E-state index is 15.2. The number of alkyl halides is 3. The number of para-hydroxylation sites is 1. The number of benzene rings is 3. The van der Waals surface area contributed by atoms with Gasteiger partial charge >= 0.3 is 6.18 Å². The second-order valence-corrected chi connectivity index (χ2v) is 9.26. The van der Waals surface area contributed by atoms with Crippen LogP contribution in [-0.2, 0) is 6.54 Å². The van der Waals surface area contributed by atoms with Crippen LogP contribution in [0.15, 0.2) is 73.1 Å². The highest BCUT2D eigenvalue weighted by Crippen LogP contribution is 2.29. The molecular formula is C28H27F4N5O. The fourth-order valence-electron chi connectivity index (χ4n) is 4.71. The number of hydrogen-bond acceptors (Lipinski definition) is 6. The highest BCUT2D eigenvalue weighted by Gasteiger charge is 2.29. The summed E-state index contributed by atoms with van der Waals surface area (Å²) in [5, 5.41) is 4.18. The number of anilines is 3. The molecule has 1 aliphatic heterocycles. The summed E-state index contributed by atoms with van der Waals surface area (Å²) in [5.41, 5.74) is 3.07. The fraction of sp³-hybridized carbons (Fsp3) is 0.286. The number of nitrogens with zero attached hydrogens (tertiary/aromatic N) is 4. The van der Waals surface area contributed by atoms with Gasteiger partial charge in [-0.05, 0) is 61.0 Å². The van der Waals surface area contributed by atoms with Crippen LogP contribution in [0.25, 0.3) is 10.9 Å². The Hall–Kier alpha value is -4.08. The van der Waals surface area contributed by atoms with E-state index < -0.39 is 12.8 Å². The van der Waals surface area contributed by atoms with Gasteiger partial charge in [0.2, 0.25) is 0 Å². The first-order chi connectivity index (χ1) is 18.3. The van der Waals surface area contributed by atoms with Crippen molar-refractivity contribution >= 4 is 28.1 Å². The first-order valence-corrected chi connectivity index (χ1v) is 12.3. The number of nitrogens with one attached hydrogen (secondary N) is 1. The van der Waals surface area contributed by atoms with Gasteiger partial charge in [0.1, 0.15) is 23.7 Å². The van der Waals surface area contributed by atoms with Crippen molar-refractivity contribution in [3.8, 4) is 5.75 Å². The highest BCUT2D eigenvalue weighted by atomic mass is 19.4. The second-order valence-electron chi connectivity index (χ2n) is 9.26. The minimum absolute atomic E-state index is 0.0671. The van der Waals surface area contributed by atoms with Crippen molar-refractivity contribution < 1.29 is 22.3 Å². The maximum Gasteiger partial charge on any atom is 0.422 e. The number of aromatic nitrogens is 2. The van der Waals surface area contributed by atoms with Gasteiger partial charge in [0.25, 0.3) is 0 Å². The Balaban J connectivity index is 1.20. The van der Waals surface area contributed by atoms with Crippen LogP contribution in [0.1, 0.15) is 12.5 Å². The van der Waals surface area contributed by atoms with Crippen molar-refractivity contribution in [1.82, 2.24) is 9.97 Å². The van der Waals surface area contributed by atoms with E-state index in [-0.39, 0.29) is 17.6 Å². The molecule has 2 heterocycles. The van der Waals surface area contributed by atoms with E-state index in [1.165, 1.54) is 18.5 Å². The summed E-state index contributed by atoms with van der Waals surface area (Å²) in [5.74, 6) is 0.579. The molecule has 1 N–H and O–H groups in total.